The fraction of sp³-hybridized carbons (Fsp3) is 0.423. The van der Waals surface area contributed by atoms with Gasteiger partial charge in [0.15, 0.2) is 5.69 Å². The van der Waals surface area contributed by atoms with Gasteiger partial charge in [0.1, 0.15) is 17.1 Å². The zero-order chi connectivity index (χ0) is 27.4. The van der Waals surface area contributed by atoms with E-state index >= 15 is 0 Å². The van der Waals surface area contributed by atoms with Crippen LogP contribution < -0.4 is 5.32 Å². The van der Waals surface area contributed by atoms with Gasteiger partial charge in [0, 0.05) is 31.9 Å². The molecule has 0 spiro atoms. The Bertz CT molecular complexity index is 1450. The quantitative estimate of drug-likeness (QED) is 0.359. The highest BCUT2D eigenvalue weighted by atomic mass is 35.5. The molecule has 1 aromatic carbocycles. The number of nitrogens with zero attached hydrogens (tertiary/aromatic N) is 4. The SMILES string of the molecule is Cn1cc(C#CC2(O)CC3CC(c4ncn(C)c4C(=O)Nc4ccc(F)c(Cl)c4)CC3C2)c(C(F)(F)F)n1. The molecule has 2 saturated carbocycles. The highest BCUT2D eigenvalue weighted by Gasteiger charge is 2.49. The second-order valence-electron chi connectivity index (χ2n) is 10.1. The van der Waals surface area contributed by atoms with Crippen molar-refractivity contribution in [3.8, 4) is 11.8 Å². The molecule has 0 aliphatic heterocycles. The lowest BCUT2D eigenvalue weighted by Gasteiger charge is -2.19. The van der Waals surface area contributed by atoms with Crippen LogP contribution >= 0.6 is 11.6 Å². The number of benzene rings is 1. The number of hydrogen-bond acceptors (Lipinski definition) is 4. The Balaban J connectivity index is 1.29. The maximum absolute atomic E-state index is 13.5. The van der Waals surface area contributed by atoms with Crippen LogP contribution in [0, 0.1) is 29.5 Å². The molecular formula is C26H24ClF4N5O2. The number of rotatable bonds is 3. The number of amides is 1. The number of nitrogens with one attached hydrogen (secondary N) is 1. The van der Waals surface area contributed by atoms with Crippen LogP contribution in [0.25, 0.3) is 0 Å². The summed E-state index contributed by atoms with van der Waals surface area (Å²) in [5.74, 6) is 4.34. The Morgan fingerprint density at radius 2 is 1.92 bits per heavy atom. The molecule has 0 radical (unpaired) electrons. The number of aliphatic hydroxyl groups is 1. The van der Waals surface area contributed by atoms with Crippen LogP contribution in [0.5, 0.6) is 0 Å². The van der Waals surface area contributed by atoms with Gasteiger partial charge in [0.2, 0.25) is 0 Å². The molecule has 1 amide bonds. The van der Waals surface area contributed by atoms with Gasteiger partial charge in [-0.15, -0.1) is 0 Å². The molecular weight excluding hydrogens is 526 g/mol. The third kappa shape index (κ3) is 5.02. The highest BCUT2D eigenvalue weighted by molar-refractivity contribution is 6.31. The van der Waals surface area contributed by atoms with Crippen molar-refractivity contribution in [1.29, 1.82) is 0 Å². The van der Waals surface area contributed by atoms with Gasteiger partial charge < -0.3 is 15.0 Å². The van der Waals surface area contributed by atoms with Crippen LogP contribution in [-0.4, -0.2) is 35.9 Å². The fourth-order valence-corrected chi connectivity index (χ4v) is 5.93. The van der Waals surface area contributed by atoms with E-state index in [4.69, 9.17) is 11.6 Å². The standard InChI is InChI=1S/C26H24ClF4N5O2/c1-35-13-32-21(22(35)24(37)33-18-3-4-20(28)19(27)9-18)15-7-16-10-25(38,11-17(16)8-15)6-5-14-12-36(2)34-23(14)26(29,30)31/h3-4,9,12-13,15-17,38H,7-8,10-11H2,1-2H3,(H,33,37). The van der Waals surface area contributed by atoms with Crippen LogP contribution in [0.15, 0.2) is 30.7 Å². The molecule has 7 nitrogen and oxygen atoms in total. The largest absolute Gasteiger partial charge is 0.436 e. The van der Waals surface area contributed by atoms with Crippen molar-refractivity contribution in [2.75, 3.05) is 5.32 Å². The van der Waals surface area contributed by atoms with Crippen molar-refractivity contribution in [2.24, 2.45) is 25.9 Å². The Kier molecular flexibility index (Phi) is 6.52. The van der Waals surface area contributed by atoms with Crippen LogP contribution in [0.1, 0.15) is 59.0 Å². The molecule has 200 valence electrons. The number of imidazole rings is 1. The lowest BCUT2D eigenvalue weighted by Crippen LogP contribution is -2.24. The number of carbonyl (C=O) groups is 1. The van der Waals surface area contributed by atoms with Crippen LogP contribution in [-0.2, 0) is 20.3 Å². The second-order valence-corrected chi connectivity index (χ2v) is 10.5. The summed E-state index contributed by atoms with van der Waals surface area (Å²) in [7, 11) is 3.09. The summed E-state index contributed by atoms with van der Waals surface area (Å²) in [5.41, 5.74) is -1.38. The molecule has 2 unspecified atom stereocenters. The topological polar surface area (TPSA) is 85.0 Å². The van der Waals surface area contributed by atoms with E-state index in [0.29, 0.717) is 42.8 Å². The van der Waals surface area contributed by atoms with Gasteiger partial charge in [-0.1, -0.05) is 23.4 Å². The monoisotopic (exact) mass is 549 g/mol. The Morgan fingerprint density at radius 3 is 2.55 bits per heavy atom. The molecule has 5 rings (SSSR count). The minimum absolute atomic E-state index is 0.0311. The number of alkyl halides is 3. The Labute approximate surface area is 220 Å². The van der Waals surface area contributed by atoms with Gasteiger partial charge in [-0.2, -0.15) is 18.3 Å². The van der Waals surface area contributed by atoms with Gasteiger partial charge in [0.25, 0.3) is 5.91 Å². The molecule has 12 heteroatoms. The maximum Gasteiger partial charge on any atom is 0.436 e. The number of aryl methyl sites for hydroxylation is 2. The number of halogens is 5. The van der Waals surface area contributed by atoms with E-state index in [1.807, 2.05) is 0 Å². The highest BCUT2D eigenvalue weighted by Crippen LogP contribution is 2.54. The molecule has 2 heterocycles. The lowest BCUT2D eigenvalue weighted by atomic mass is 9.92. The molecule has 2 fully saturated rings. The zero-order valence-corrected chi connectivity index (χ0v) is 21.2. The molecule has 3 aromatic rings. The van der Waals surface area contributed by atoms with Gasteiger partial charge >= 0.3 is 6.18 Å². The molecule has 2 aliphatic rings. The minimum Gasteiger partial charge on any atom is -0.378 e. The van der Waals surface area contributed by atoms with E-state index in [0.717, 1.165) is 4.68 Å². The first-order valence-electron chi connectivity index (χ1n) is 12.0. The summed E-state index contributed by atoms with van der Waals surface area (Å²) < 4.78 is 55.9. The summed E-state index contributed by atoms with van der Waals surface area (Å²) in [6.07, 6.45) is 0.0892. The molecule has 2 atom stereocenters. The van der Waals surface area contributed by atoms with Crippen LogP contribution in [0.2, 0.25) is 5.02 Å². The number of fused-ring (bicyclic) bond motifs is 1. The Morgan fingerprint density at radius 1 is 1.24 bits per heavy atom. The number of carbonyl (C=O) groups excluding carboxylic acids is 1. The molecule has 2 aliphatic carbocycles. The molecule has 38 heavy (non-hydrogen) atoms. The third-order valence-electron chi connectivity index (χ3n) is 7.31. The molecule has 0 saturated heterocycles. The van der Waals surface area contributed by atoms with E-state index in [-0.39, 0.29) is 28.3 Å². The van der Waals surface area contributed by atoms with Crippen molar-refractivity contribution < 1.29 is 27.5 Å². The molecule has 0 bridgehead atoms. The van der Waals surface area contributed by atoms with Crippen molar-refractivity contribution in [3.05, 3.63) is 64.2 Å². The zero-order valence-electron chi connectivity index (χ0n) is 20.5. The Hall–Kier alpha value is -3.36. The van der Waals surface area contributed by atoms with Crippen molar-refractivity contribution in [3.63, 3.8) is 0 Å². The van der Waals surface area contributed by atoms with Gasteiger partial charge in [-0.3, -0.25) is 9.48 Å². The van der Waals surface area contributed by atoms with E-state index in [9.17, 15) is 27.5 Å². The predicted molar refractivity (Wildman–Crippen MR) is 131 cm³/mol. The first kappa shape index (κ1) is 26.3. The van der Waals surface area contributed by atoms with Gasteiger partial charge in [-0.25, -0.2) is 9.37 Å². The van der Waals surface area contributed by atoms with E-state index in [1.165, 1.54) is 31.4 Å². The van der Waals surface area contributed by atoms with Crippen LogP contribution in [0.4, 0.5) is 23.2 Å². The first-order chi connectivity index (χ1) is 17.8. The lowest BCUT2D eigenvalue weighted by molar-refractivity contribution is -0.141. The predicted octanol–water partition coefficient (Wildman–Crippen LogP) is 4.90. The van der Waals surface area contributed by atoms with E-state index in [2.05, 4.69) is 27.2 Å². The smallest absolute Gasteiger partial charge is 0.378 e. The average Bonchev–Trinajstić information content (AvgIpc) is 3.56. The number of anilines is 1. The fourth-order valence-electron chi connectivity index (χ4n) is 5.75. The van der Waals surface area contributed by atoms with Gasteiger partial charge in [0.05, 0.1) is 22.6 Å². The van der Waals surface area contributed by atoms with Crippen molar-refractivity contribution >= 4 is 23.2 Å². The summed E-state index contributed by atoms with van der Waals surface area (Å²) in [6.45, 7) is 0. The summed E-state index contributed by atoms with van der Waals surface area (Å²) in [4.78, 5) is 17.6. The summed E-state index contributed by atoms with van der Waals surface area (Å²) >= 11 is 5.82. The summed E-state index contributed by atoms with van der Waals surface area (Å²) in [5, 5.41) is 17.1. The number of hydrogen-bond donors (Lipinski definition) is 2. The molecule has 2 N–H and O–H groups in total. The van der Waals surface area contributed by atoms with Gasteiger partial charge in [-0.05, 0) is 55.7 Å². The normalized spacial score (nSPS) is 24.7. The van der Waals surface area contributed by atoms with Crippen molar-refractivity contribution in [2.45, 2.75) is 43.4 Å². The van der Waals surface area contributed by atoms with E-state index in [1.54, 1.807) is 17.9 Å². The average molecular weight is 550 g/mol. The van der Waals surface area contributed by atoms with Crippen molar-refractivity contribution in [1.82, 2.24) is 19.3 Å². The van der Waals surface area contributed by atoms with E-state index < -0.39 is 29.2 Å². The summed E-state index contributed by atoms with van der Waals surface area (Å²) in [6, 6.07) is 3.92. The third-order valence-corrected chi connectivity index (χ3v) is 7.60. The van der Waals surface area contributed by atoms with Crippen LogP contribution in [0.3, 0.4) is 0 Å². The second kappa shape index (κ2) is 9.43. The first-order valence-corrected chi connectivity index (χ1v) is 12.3. The minimum atomic E-state index is -4.64. The molecule has 2 aromatic heterocycles. The maximum atomic E-state index is 13.5. The number of aromatic nitrogens is 4.